The summed E-state index contributed by atoms with van der Waals surface area (Å²) in [4.78, 5) is 17.4. The first-order valence-electron chi connectivity index (χ1n) is 6.39. The van der Waals surface area contributed by atoms with Gasteiger partial charge in [0.05, 0.1) is 26.8 Å². The van der Waals surface area contributed by atoms with Gasteiger partial charge in [0.15, 0.2) is 5.16 Å². The van der Waals surface area contributed by atoms with Gasteiger partial charge in [-0.1, -0.05) is 0 Å². The van der Waals surface area contributed by atoms with E-state index in [4.69, 9.17) is 0 Å². The lowest BCUT2D eigenvalue weighted by molar-refractivity contribution is -0.384. The van der Waals surface area contributed by atoms with Crippen molar-refractivity contribution in [2.75, 3.05) is 12.3 Å². The van der Waals surface area contributed by atoms with E-state index in [0.29, 0.717) is 21.9 Å². The van der Waals surface area contributed by atoms with E-state index in [1.54, 1.807) is 6.07 Å². The van der Waals surface area contributed by atoms with E-state index in [2.05, 4.69) is 15.3 Å². The number of rotatable bonds is 4. The van der Waals surface area contributed by atoms with Gasteiger partial charge in [0.1, 0.15) is 0 Å². The van der Waals surface area contributed by atoms with Crippen molar-refractivity contribution < 1.29 is 9.13 Å². The van der Waals surface area contributed by atoms with Gasteiger partial charge in [0.25, 0.3) is 5.69 Å². The molecule has 20 heavy (non-hydrogen) atoms. The largest absolute Gasteiger partial charge is 0.331 e. The van der Waals surface area contributed by atoms with Crippen LogP contribution < -0.4 is 5.32 Å². The summed E-state index contributed by atoms with van der Waals surface area (Å²) in [5.41, 5.74) is 1.14. The molecule has 2 atom stereocenters. The van der Waals surface area contributed by atoms with Crippen LogP contribution in [0, 0.1) is 10.1 Å². The minimum atomic E-state index is -1.22. The standard InChI is InChI=1S/C12H14N4O3S/c17-16(18)9-3-4-10-11(6-9)15-12(14-10)20(19)7-8-2-1-5-13-8/h3-4,6,8,13H,1-2,5,7H2,(H,14,15)/t8-,20+/m0/s1. The maximum Gasteiger partial charge on any atom is 0.271 e. The third-order valence-corrected chi connectivity index (χ3v) is 4.71. The van der Waals surface area contributed by atoms with Crippen LogP contribution in [0.25, 0.3) is 11.0 Å². The van der Waals surface area contributed by atoms with E-state index in [0.717, 1.165) is 19.4 Å². The Bertz CT molecular complexity index is 678. The van der Waals surface area contributed by atoms with Gasteiger partial charge in [-0.25, -0.2) is 4.98 Å². The third kappa shape index (κ3) is 2.56. The molecule has 0 unspecified atom stereocenters. The lowest BCUT2D eigenvalue weighted by Gasteiger charge is -2.07. The van der Waals surface area contributed by atoms with Crippen LogP contribution >= 0.6 is 0 Å². The van der Waals surface area contributed by atoms with Crippen LogP contribution in [0.4, 0.5) is 5.69 Å². The van der Waals surface area contributed by atoms with E-state index in [1.165, 1.54) is 12.1 Å². The molecule has 1 saturated heterocycles. The Balaban J connectivity index is 1.84. The molecule has 106 valence electrons. The highest BCUT2D eigenvalue weighted by atomic mass is 32.2. The summed E-state index contributed by atoms with van der Waals surface area (Å²) >= 11 is 0. The second-order valence-corrected chi connectivity index (χ2v) is 6.22. The SMILES string of the molecule is O=[N+]([O-])c1ccc2nc([S@](=O)C[C@@H]3CCCN3)[nH]c2c1. The van der Waals surface area contributed by atoms with Gasteiger partial charge in [-0.05, 0) is 25.5 Å². The normalized spacial score (nSPS) is 20.3. The number of nitro benzene ring substituents is 1. The van der Waals surface area contributed by atoms with Crippen LogP contribution in [-0.4, -0.2) is 37.4 Å². The van der Waals surface area contributed by atoms with Crippen molar-refractivity contribution in [1.29, 1.82) is 0 Å². The molecule has 1 fully saturated rings. The van der Waals surface area contributed by atoms with Crippen molar-refractivity contribution >= 4 is 27.5 Å². The van der Waals surface area contributed by atoms with E-state index >= 15 is 0 Å². The Morgan fingerprint density at radius 3 is 3.05 bits per heavy atom. The third-order valence-electron chi connectivity index (χ3n) is 3.39. The van der Waals surface area contributed by atoms with Crippen LogP contribution in [0.5, 0.6) is 0 Å². The van der Waals surface area contributed by atoms with Crippen LogP contribution in [-0.2, 0) is 10.8 Å². The van der Waals surface area contributed by atoms with E-state index in [1.807, 2.05) is 0 Å². The Hall–Kier alpha value is -1.80. The minimum Gasteiger partial charge on any atom is -0.331 e. The molecular formula is C12H14N4O3S. The molecule has 0 spiro atoms. The van der Waals surface area contributed by atoms with Crippen LogP contribution in [0.15, 0.2) is 23.4 Å². The lowest BCUT2D eigenvalue weighted by atomic mass is 10.3. The molecule has 2 heterocycles. The van der Waals surface area contributed by atoms with Crippen molar-refractivity contribution in [3.63, 3.8) is 0 Å². The topological polar surface area (TPSA) is 101 Å². The molecule has 0 bridgehead atoms. The summed E-state index contributed by atoms with van der Waals surface area (Å²) in [6.07, 6.45) is 2.13. The van der Waals surface area contributed by atoms with Crippen LogP contribution in [0.1, 0.15) is 12.8 Å². The van der Waals surface area contributed by atoms with Gasteiger partial charge in [0.2, 0.25) is 0 Å². The van der Waals surface area contributed by atoms with Crippen molar-refractivity contribution in [2.24, 2.45) is 0 Å². The van der Waals surface area contributed by atoms with Crippen LogP contribution in [0.3, 0.4) is 0 Å². The van der Waals surface area contributed by atoms with Gasteiger partial charge < -0.3 is 10.3 Å². The monoisotopic (exact) mass is 294 g/mol. The molecular weight excluding hydrogens is 280 g/mol. The maximum atomic E-state index is 12.2. The minimum absolute atomic E-state index is 0.00376. The molecule has 0 amide bonds. The van der Waals surface area contributed by atoms with E-state index < -0.39 is 15.7 Å². The summed E-state index contributed by atoms with van der Waals surface area (Å²) in [5.74, 6) is 0.516. The fourth-order valence-corrected chi connectivity index (χ4v) is 3.59. The van der Waals surface area contributed by atoms with E-state index in [9.17, 15) is 14.3 Å². The zero-order chi connectivity index (χ0) is 14.1. The number of non-ortho nitro benzene ring substituents is 1. The maximum absolute atomic E-state index is 12.2. The van der Waals surface area contributed by atoms with Crippen molar-refractivity contribution in [1.82, 2.24) is 15.3 Å². The molecule has 1 aliphatic rings. The summed E-state index contributed by atoms with van der Waals surface area (Å²) in [6.45, 7) is 0.966. The average Bonchev–Trinajstić information content (AvgIpc) is 3.05. The molecule has 8 heteroatoms. The number of imidazole rings is 1. The first kappa shape index (κ1) is 13.2. The molecule has 1 aliphatic heterocycles. The first-order chi connectivity index (χ1) is 9.63. The second kappa shape index (κ2) is 5.29. The first-order valence-corrected chi connectivity index (χ1v) is 7.71. The molecule has 1 aromatic heterocycles. The van der Waals surface area contributed by atoms with Gasteiger partial charge >= 0.3 is 0 Å². The van der Waals surface area contributed by atoms with Crippen molar-refractivity contribution in [2.45, 2.75) is 24.0 Å². The van der Waals surface area contributed by atoms with Crippen molar-refractivity contribution in [3.8, 4) is 0 Å². The Labute approximate surface area is 117 Å². The summed E-state index contributed by atoms with van der Waals surface area (Å²) in [5, 5.41) is 14.4. The van der Waals surface area contributed by atoms with Crippen molar-refractivity contribution in [3.05, 3.63) is 28.3 Å². The number of H-pyrrole nitrogens is 1. The van der Waals surface area contributed by atoms with Gasteiger partial charge in [-0.15, -0.1) is 0 Å². The number of hydrogen-bond donors (Lipinski definition) is 2. The summed E-state index contributed by atoms with van der Waals surface area (Å²) in [6, 6.07) is 4.64. The highest BCUT2D eigenvalue weighted by Gasteiger charge is 2.20. The molecule has 0 radical (unpaired) electrons. The van der Waals surface area contributed by atoms with Gasteiger partial charge in [0, 0.05) is 23.9 Å². The molecule has 2 N–H and O–H groups in total. The molecule has 2 aromatic rings. The Kier molecular flexibility index (Phi) is 3.49. The molecule has 7 nitrogen and oxygen atoms in total. The molecule has 1 aromatic carbocycles. The molecule has 0 aliphatic carbocycles. The zero-order valence-corrected chi connectivity index (χ0v) is 11.5. The van der Waals surface area contributed by atoms with Gasteiger partial charge in [-0.2, -0.15) is 0 Å². The molecule has 3 rings (SSSR count). The predicted molar refractivity (Wildman–Crippen MR) is 75.0 cm³/mol. The zero-order valence-electron chi connectivity index (χ0n) is 10.7. The Morgan fingerprint density at radius 2 is 2.35 bits per heavy atom. The number of nitro groups is 1. The number of aromatic nitrogens is 2. The fourth-order valence-electron chi connectivity index (χ4n) is 2.36. The smallest absolute Gasteiger partial charge is 0.271 e. The quantitative estimate of drug-likeness (QED) is 0.654. The fraction of sp³-hybridized carbons (Fsp3) is 0.417. The van der Waals surface area contributed by atoms with E-state index in [-0.39, 0.29) is 11.7 Å². The predicted octanol–water partition coefficient (Wildman–Crippen LogP) is 1.33. The lowest BCUT2D eigenvalue weighted by Crippen LogP contribution is -2.27. The highest BCUT2D eigenvalue weighted by molar-refractivity contribution is 7.84. The number of aromatic amines is 1. The number of nitrogens with one attached hydrogen (secondary N) is 2. The highest BCUT2D eigenvalue weighted by Crippen LogP contribution is 2.20. The number of hydrogen-bond acceptors (Lipinski definition) is 5. The summed E-state index contributed by atoms with van der Waals surface area (Å²) < 4.78 is 12.2. The average molecular weight is 294 g/mol. The number of benzene rings is 1. The van der Waals surface area contributed by atoms with Crippen LogP contribution in [0.2, 0.25) is 0 Å². The summed E-state index contributed by atoms with van der Waals surface area (Å²) in [7, 11) is -1.22. The molecule has 0 saturated carbocycles. The number of nitrogens with zero attached hydrogens (tertiary/aromatic N) is 2. The second-order valence-electron chi connectivity index (χ2n) is 4.81. The Morgan fingerprint density at radius 1 is 1.50 bits per heavy atom. The van der Waals surface area contributed by atoms with Gasteiger partial charge in [-0.3, -0.25) is 14.3 Å². The number of fused-ring (bicyclic) bond motifs is 1.